The van der Waals surface area contributed by atoms with E-state index in [-0.39, 0.29) is 4.90 Å². The number of benzene rings is 2. The number of anilines is 1. The van der Waals surface area contributed by atoms with Gasteiger partial charge in [-0.15, -0.1) is 0 Å². The highest BCUT2D eigenvalue weighted by Gasteiger charge is 2.39. The lowest BCUT2D eigenvalue weighted by Gasteiger charge is -2.40. The van der Waals surface area contributed by atoms with Crippen molar-refractivity contribution in [1.82, 2.24) is 4.31 Å². The van der Waals surface area contributed by atoms with E-state index in [1.54, 1.807) is 24.3 Å². The van der Waals surface area contributed by atoms with E-state index in [0.29, 0.717) is 31.2 Å². The number of hydrogen-bond donors (Lipinski definition) is 1. The fourth-order valence-electron chi connectivity index (χ4n) is 2.87. The first-order valence-electron chi connectivity index (χ1n) is 8.54. The molecule has 1 heterocycles. The molecule has 3 rings (SSSR count). The Morgan fingerprint density at radius 2 is 1.78 bits per heavy atom. The summed E-state index contributed by atoms with van der Waals surface area (Å²) in [5.41, 5.74) is -0.177. The Morgan fingerprint density at radius 3 is 2.41 bits per heavy atom. The zero-order valence-electron chi connectivity index (χ0n) is 15.2. The lowest BCUT2D eigenvalue weighted by Crippen LogP contribution is -2.55. The van der Waals surface area contributed by atoms with Gasteiger partial charge in [0.2, 0.25) is 10.0 Å². The molecule has 8 heteroatoms. The Labute approximate surface area is 158 Å². The van der Waals surface area contributed by atoms with E-state index in [2.05, 4.69) is 5.32 Å². The van der Waals surface area contributed by atoms with Gasteiger partial charge in [0, 0.05) is 12.2 Å². The van der Waals surface area contributed by atoms with Crippen LogP contribution in [0.3, 0.4) is 0 Å². The molecule has 7 nitrogen and oxygen atoms in total. The number of ether oxygens (including phenoxy) is 2. The first-order valence-corrected chi connectivity index (χ1v) is 9.98. The second-order valence-electron chi connectivity index (χ2n) is 6.79. The minimum absolute atomic E-state index is 0.166. The standard InChI is InChI=1S/C19H22N2O5S/c1-19(2)14-25-13-12-21(19)27(23,24)17-10-8-15(9-11-17)20-18(22)26-16-6-4-3-5-7-16/h3-11H,12-14H2,1-2H3,(H,20,22). The van der Waals surface area contributed by atoms with Gasteiger partial charge >= 0.3 is 6.09 Å². The molecule has 1 aliphatic heterocycles. The Morgan fingerprint density at radius 1 is 1.11 bits per heavy atom. The molecule has 0 aliphatic carbocycles. The van der Waals surface area contributed by atoms with Crippen molar-refractivity contribution >= 4 is 21.8 Å². The SMILES string of the molecule is CC1(C)COCCN1S(=O)(=O)c1ccc(NC(=O)Oc2ccccc2)cc1. The van der Waals surface area contributed by atoms with Gasteiger partial charge in [-0.1, -0.05) is 18.2 Å². The topological polar surface area (TPSA) is 84.9 Å². The van der Waals surface area contributed by atoms with Crippen molar-refractivity contribution in [3.8, 4) is 5.75 Å². The van der Waals surface area contributed by atoms with Gasteiger partial charge < -0.3 is 9.47 Å². The average Bonchev–Trinajstić information content (AvgIpc) is 2.62. The van der Waals surface area contributed by atoms with Gasteiger partial charge in [0.05, 0.1) is 23.6 Å². The van der Waals surface area contributed by atoms with Crippen LogP contribution in [0.1, 0.15) is 13.8 Å². The summed E-state index contributed by atoms with van der Waals surface area (Å²) in [6.45, 7) is 4.68. The fraction of sp³-hybridized carbons (Fsp3) is 0.316. The van der Waals surface area contributed by atoms with Crippen LogP contribution in [0.15, 0.2) is 59.5 Å². The maximum atomic E-state index is 12.9. The summed E-state index contributed by atoms with van der Waals surface area (Å²) in [6, 6.07) is 14.7. The number of rotatable bonds is 4. The van der Waals surface area contributed by atoms with Crippen molar-refractivity contribution in [2.75, 3.05) is 25.1 Å². The highest BCUT2D eigenvalue weighted by Crippen LogP contribution is 2.28. The van der Waals surface area contributed by atoms with Gasteiger partial charge in [0.25, 0.3) is 0 Å². The molecule has 0 aromatic heterocycles. The number of hydrogen-bond acceptors (Lipinski definition) is 5. The van der Waals surface area contributed by atoms with Crippen LogP contribution in [0.25, 0.3) is 0 Å². The third-order valence-corrected chi connectivity index (χ3v) is 6.34. The number of nitrogens with one attached hydrogen (secondary N) is 1. The molecular weight excluding hydrogens is 368 g/mol. The number of morpholine rings is 1. The molecule has 0 bridgehead atoms. The summed E-state index contributed by atoms with van der Waals surface area (Å²) in [5.74, 6) is 0.420. The normalized spacial score (nSPS) is 17.3. The van der Waals surface area contributed by atoms with Crippen LogP contribution in [0.5, 0.6) is 5.75 Å². The van der Waals surface area contributed by atoms with Gasteiger partial charge in [-0.3, -0.25) is 5.32 Å². The number of carbonyl (C=O) groups excluding carboxylic acids is 1. The number of carbonyl (C=O) groups is 1. The van der Waals surface area contributed by atoms with Crippen LogP contribution in [-0.2, 0) is 14.8 Å². The number of nitrogens with zero attached hydrogens (tertiary/aromatic N) is 1. The van der Waals surface area contributed by atoms with E-state index < -0.39 is 21.7 Å². The van der Waals surface area contributed by atoms with E-state index in [4.69, 9.17) is 9.47 Å². The van der Waals surface area contributed by atoms with Crippen molar-refractivity contribution < 1.29 is 22.7 Å². The van der Waals surface area contributed by atoms with Gasteiger partial charge in [0.15, 0.2) is 0 Å². The number of sulfonamides is 1. The van der Waals surface area contributed by atoms with Gasteiger partial charge in [0.1, 0.15) is 5.75 Å². The largest absolute Gasteiger partial charge is 0.417 e. The predicted octanol–water partition coefficient (Wildman–Crippen LogP) is 3.10. The summed E-state index contributed by atoms with van der Waals surface area (Å²) in [7, 11) is -3.65. The summed E-state index contributed by atoms with van der Waals surface area (Å²) in [6.07, 6.45) is -0.647. The Hall–Kier alpha value is -2.42. The van der Waals surface area contributed by atoms with E-state index >= 15 is 0 Å². The summed E-state index contributed by atoms with van der Waals surface area (Å²) < 4.78 is 37.9. The molecule has 0 radical (unpaired) electrons. The van der Waals surface area contributed by atoms with Crippen LogP contribution in [0.2, 0.25) is 0 Å². The molecule has 144 valence electrons. The van der Waals surface area contributed by atoms with Crippen molar-refractivity contribution in [3.05, 3.63) is 54.6 Å². The maximum Gasteiger partial charge on any atom is 0.417 e. The molecule has 1 aliphatic rings. The molecule has 1 amide bonds. The Balaban J connectivity index is 1.70. The molecule has 2 aromatic carbocycles. The fourth-order valence-corrected chi connectivity index (χ4v) is 4.62. The second kappa shape index (κ2) is 7.67. The average molecular weight is 390 g/mol. The van der Waals surface area contributed by atoms with Crippen molar-refractivity contribution in [2.45, 2.75) is 24.3 Å². The highest BCUT2D eigenvalue weighted by atomic mass is 32.2. The van der Waals surface area contributed by atoms with Gasteiger partial charge in [-0.2, -0.15) is 4.31 Å². The zero-order valence-corrected chi connectivity index (χ0v) is 16.0. The predicted molar refractivity (Wildman–Crippen MR) is 101 cm³/mol. The van der Waals surface area contributed by atoms with E-state index in [9.17, 15) is 13.2 Å². The summed E-state index contributed by atoms with van der Waals surface area (Å²) in [4.78, 5) is 12.1. The molecule has 0 atom stereocenters. The molecule has 0 saturated carbocycles. The minimum Gasteiger partial charge on any atom is -0.410 e. The smallest absolute Gasteiger partial charge is 0.410 e. The summed E-state index contributed by atoms with van der Waals surface area (Å²) in [5, 5.41) is 2.58. The van der Waals surface area contributed by atoms with E-state index in [1.807, 2.05) is 19.9 Å². The summed E-state index contributed by atoms with van der Waals surface area (Å²) >= 11 is 0. The number of para-hydroxylation sites is 1. The highest BCUT2D eigenvalue weighted by molar-refractivity contribution is 7.89. The van der Waals surface area contributed by atoms with Crippen LogP contribution >= 0.6 is 0 Å². The van der Waals surface area contributed by atoms with Gasteiger partial charge in [-0.25, -0.2) is 13.2 Å². The minimum atomic E-state index is -3.65. The first kappa shape index (κ1) is 19.3. The van der Waals surface area contributed by atoms with Crippen molar-refractivity contribution in [2.24, 2.45) is 0 Å². The lowest BCUT2D eigenvalue weighted by atomic mass is 10.1. The monoisotopic (exact) mass is 390 g/mol. The Kier molecular flexibility index (Phi) is 5.50. The molecule has 1 fully saturated rings. The first-order chi connectivity index (χ1) is 12.8. The molecule has 0 unspecified atom stereocenters. The van der Waals surface area contributed by atoms with Crippen molar-refractivity contribution in [3.63, 3.8) is 0 Å². The molecule has 1 saturated heterocycles. The van der Waals surface area contributed by atoms with Crippen LogP contribution < -0.4 is 10.1 Å². The quantitative estimate of drug-likeness (QED) is 0.867. The molecule has 27 heavy (non-hydrogen) atoms. The molecule has 1 N–H and O–H groups in total. The number of amides is 1. The Bertz CT molecular complexity index is 895. The van der Waals surface area contributed by atoms with E-state index in [1.165, 1.54) is 28.6 Å². The second-order valence-corrected chi connectivity index (χ2v) is 8.66. The third-order valence-electron chi connectivity index (χ3n) is 4.21. The van der Waals surface area contributed by atoms with Crippen LogP contribution in [0.4, 0.5) is 10.5 Å². The van der Waals surface area contributed by atoms with E-state index in [0.717, 1.165) is 0 Å². The molecule has 2 aromatic rings. The van der Waals surface area contributed by atoms with Crippen LogP contribution in [0, 0.1) is 0 Å². The van der Waals surface area contributed by atoms with Crippen LogP contribution in [-0.4, -0.2) is 44.1 Å². The van der Waals surface area contributed by atoms with Crippen molar-refractivity contribution in [1.29, 1.82) is 0 Å². The zero-order chi connectivity index (χ0) is 19.5. The molecular formula is C19H22N2O5S. The lowest BCUT2D eigenvalue weighted by molar-refractivity contribution is -0.00770. The molecule has 0 spiro atoms. The third kappa shape index (κ3) is 4.47. The maximum absolute atomic E-state index is 12.9. The van der Waals surface area contributed by atoms with Gasteiger partial charge in [-0.05, 0) is 50.2 Å².